The van der Waals surface area contributed by atoms with Crippen LogP contribution in [0.25, 0.3) is 0 Å². The molecule has 5 nitrogen and oxygen atoms in total. The monoisotopic (exact) mass is 366 g/mol. The van der Waals surface area contributed by atoms with Crippen LogP contribution in [0, 0.1) is 0 Å². The highest BCUT2D eigenvalue weighted by Gasteiger charge is 2.41. The molecule has 2 aromatic carbocycles. The van der Waals surface area contributed by atoms with Gasteiger partial charge in [0.15, 0.2) is 0 Å². The molecular formula is C22H26N2O3. The van der Waals surface area contributed by atoms with E-state index >= 15 is 0 Å². The van der Waals surface area contributed by atoms with E-state index in [1.165, 1.54) is 0 Å². The second-order valence-corrected chi connectivity index (χ2v) is 6.78. The minimum atomic E-state index is -0.627. The van der Waals surface area contributed by atoms with E-state index in [1.807, 2.05) is 63.2 Å². The Balaban J connectivity index is 1.95. The van der Waals surface area contributed by atoms with Gasteiger partial charge in [0.1, 0.15) is 11.8 Å². The maximum Gasteiger partial charge on any atom is 0.255 e. The molecule has 1 aliphatic rings. The number of fused-ring (bicyclic) bond motifs is 1. The van der Waals surface area contributed by atoms with E-state index in [9.17, 15) is 9.59 Å². The van der Waals surface area contributed by atoms with Crippen LogP contribution in [0.1, 0.15) is 54.7 Å². The number of rotatable bonds is 7. The largest absolute Gasteiger partial charge is 0.494 e. The second-order valence-electron chi connectivity index (χ2n) is 6.78. The molecule has 0 aromatic heterocycles. The van der Waals surface area contributed by atoms with Gasteiger partial charge in [-0.3, -0.25) is 9.59 Å². The van der Waals surface area contributed by atoms with Gasteiger partial charge < -0.3 is 15.0 Å². The van der Waals surface area contributed by atoms with Crippen molar-refractivity contribution in [2.24, 2.45) is 0 Å². The first-order valence-electron chi connectivity index (χ1n) is 9.47. The summed E-state index contributed by atoms with van der Waals surface area (Å²) < 4.78 is 5.70. The Morgan fingerprint density at radius 3 is 2.59 bits per heavy atom. The van der Waals surface area contributed by atoms with E-state index in [4.69, 9.17) is 4.74 Å². The van der Waals surface area contributed by atoms with Gasteiger partial charge in [-0.1, -0.05) is 43.3 Å². The van der Waals surface area contributed by atoms with E-state index < -0.39 is 6.04 Å². The second kappa shape index (κ2) is 8.25. The number of amides is 2. The molecule has 0 unspecified atom stereocenters. The Morgan fingerprint density at radius 2 is 1.85 bits per heavy atom. The molecular weight excluding hydrogens is 340 g/mol. The predicted octanol–water partition coefficient (Wildman–Crippen LogP) is 3.70. The summed E-state index contributed by atoms with van der Waals surface area (Å²) >= 11 is 0. The van der Waals surface area contributed by atoms with Gasteiger partial charge in [0.25, 0.3) is 5.91 Å². The summed E-state index contributed by atoms with van der Waals surface area (Å²) in [4.78, 5) is 27.7. The first-order chi connectivity index (χ1) is 13.1. The van der Waals surface area contributed by atoms with Gasteiger partial charge in [0.2, 0.25) is 5.91 Å². The van der Waals surface area contributed by atoms with Crippen molar-refractivity contribution in [1.29, 1.82) is 0 Å². The Kier molecular flexibility index (Phi) is 5.79. The Labute approximate surface area is 160 Å². The van der Waals surface area contributed by atoms with Crippen molar-refractivity contribution < 1.29 is 14.3 Å². The van der Waals surface area contributed by atoms with E-state index in [2.05, 4.69) is 5.32 Å². The first-order valence-corrected chi connectivity index (χ1v) is 9.47. The number of ether oxygens (including phenoxy) is 1. The first kappa shape index (κ1) is 19.0. The lowest BCUT2D eigenvalue weighted by Crippen LogP contribution is -2.42. The van der Waals surface area contributed by atoms with Crippen LogP contribution in [0.15, 0.2) is 48.5 Å². The summed E-state index contributed by atoms with van der Waals surface area (Å²) in [7, 11) is 0. The van der Waals surface area contributed by atoms with E-state index in [1.54, 1.807) is 11.0 Å². The van der Waals surface area contributed by atoms with Crippen LogP contribution in [-0.2, 0) is 11.3 Å². The fourth-order valence-corrected chi connectivity index (χ4v) is 3.35. The van der Waals surface area contributed by atoms with Crippen molar-refractivity contribution in [2.75, 3.05) is 6.61 Å². The van der Waals surface area contributed by atoms with Gasteiger partial charge >= 0.3 is 0 Å². The van der Waals surface area contributed by atoms with E-state index in [0.717, 1.165) is 23.3 Å². The van der Waals surface area contributed by atoms with Crippen molar-refractivity contribution in [3.05, 3.63) is 65.2 Å². The molecule has 0 spiro atoms. The van der Waals surface area contributed by atoms with Gasteiger partial charge in [-0.15, -0.1) is 0 Å². The molecule has 0 aliphatic carbocycles. The fourth-order valence-electron chi connectivity index (χ4n) is 3.35. The summed E-state index contributed by atoms with van der Waals surface area (Å²) in [6.45, 7) is 6.78. The van der Waals surface area contributed by atoms with Gasteiger partial charge in [0, 0.05) is 17.2 Å². The molecule has 2 atom stereocenters. The lowest BCUT2D eigenvalue weighted by Gasteiger charge is -2.26. The van der Waals surface area contributed by atoms with Gasteiger partial charge in [-0.2, -0.15) is 0 Å². The van der Waals surface area contributed by atoms with Crippen molar-refractivity contribution >= 4 is 11.8 Å². The quantitative estimate of drug-likeness (QED) is 0.813. The molecule has 1 heterocycles. The highest BCUT2D eigenvalue weighted by molar-refractivity contribution is 6.04. The van der Waals surface area contributed by atoms with Crippen LogP contribution in [0.5, 0.6) is 5.75 Å². The molecule has 0 fully saturated rings. The lowest BCUT2D eigenvalue weighted by atomic mass is 10.0. The molecule has 5 heteroatoms. The van der Waals surface area contributed by atoms with Crippen molar-refractivity contribution in [1.82, 2.24) is 10.2 Å². The number of nitrogens with one attached hydrogen (secondary N) is 1. The molecule has 2 aromatic rings. The molecule has 2 amide bonds. The van der Waals surface area contributed by atoms with Crippen molar-refractivity contribution in [3.63, 3.8) is 0 Å². The molecule has 0 saturated heterocycles. The third-order valence-corrected chi connectivity index (χ3v) is 4.92. The summed E-state index contributed by atoms with van der Waals surface area (Å²) in [5.74, 6) is 0.475. The number of carbonyl (C=O) groups is 2. The van der Waals surface area contributed by atoms with Crippen molar-refractivity contribution in [3.8, 4) is 5.75 Å². The van der Waals surface area contributed by atoms with Crippen LogP contribution in [0.4, 0.5) is 0 Å². The minimum absolute atomic E-state index is 0.0536. The highest BCUT2D eigenvalue weighted by atomic mass is 16.5. The van der Waals surface area contributed by atoms with Crippen LogP contribution in [-0.4, -0.2) is 29.4 Å². The zero-order valence-electron chi connectivity index (χ0n) is 16.1. The number of hydrogen-bond acceptors (Lipinski definition) is 3. The number of carbonyl (C=O) groups excluding carboxylic acids is 2. The summed E-state index contributed by atoms with van der Waals surface area (Å²) in [6.07, 6.45) is 0.835. The molecule has 1 N–H and O–H groups in total. The molecule has 1 aliphatic heterocycles. The number of nitrogens with zero attached hydrogens (tertiary/aromatic N) is 1. The average molecular weight is 366 g/mol. The zero-order chi connectivity index (χ0) is 19.4. The number of hydrogen-bond donors (Lipinski definition) is 1. The molecule has 0 bridgehead atoms. The summed E-state index contributed by atoms with van der Waals surface area (Å²) in [6, 6.07) is 14.4. The standard InChI is InChI=1S/C22H26N2O3/c1-4-15(3)23-21(25)20-17-11-7-8-12-18(17)22(26)24(20)14-16-10-6-9-13-19(16)27-5-2/h6-13,15,20H,4-5,14H2,1-3H3,(H,23,25)/t15-,20+/m0/s1. The molecule has 0 saturated carbocycles. The van der Waals surface area contributed by atoms with Crippen molar-refractivity contribution in [2.45, 2.75) is 45.8 Å². The maximum absolute atomic E-state index is 13.0. The van der Waals surface area contributed by atoms with Gasteiger partial charge in [-0.25, -0.2) is 0 Å². The Morgan fingerprint density at radius 1 is 1.15 bits per heavy atom. The summed E-state index contributed by atoms with van der Waals surface area (Å²) in [5.41, 5.74) is 2.25. The average Bonchev–Trinajstić information content (AvgIpc) is 2.95. The number of para-hydroxylation sites is 1. The van der Waals surface area contributed by atoms with E-state index in [-0.39, 0.29) is 17.9 Å². The van der Waals surface area contributed by atoms with Crippen LogP contribution in [0.3, 0.4) is 0 Å². The lowest BCUT2D eigenvalue weighted by molar-refractivity contribution is -0.126. The molecule has 142 valence electrons. The predicted molar refractivity (Wildman–Crippen MR) is 105 cm³/mol. The van der Waals surface area contributed by atoms with Gasteiger partial charge in [0.05, 0.1) is 13.2 Å². The SMILES string of the molecule is CCOc1ccccc1CN1C(=O)c2ccccc2[C@@H]1C(=O)N[C@@H](C)CC. The normalized spacial score (nSPS) is 16.8. The Bertz CT molecular complexity index is 834. The van der Waals surface area contributed by atoms with Crippen LogP contribution < -0.4 is 10.1 Å². The van der Waals surface area contributed by atoms with Crippen LogP contribution in [0.2, 0.25) is 0 Å². The molecule has 27 heavy (non-hydrogen) atoms. The molecule has 0 radical (unpaired) electrons. The third kappa shape index (κ3) is 3.82. The fraction of sp³-hybridized carbons (Fsp3) is 0.364. The van der Waals surface area contributed by atoms with E-state index in [0.29, 0.717) is 18.7 Å². The van der Waals surface area contributed by atoms with Gasteiger partial charge in [-0.05, 0) is 38.0 Å². The maximum atomic E-state index is 13.0. The zero-order valence-corrected chi connectivity index (χ0v) is 16.1. The Hall–Kier alpha value is -2.82. The topological polar surface area (TPSA) is 58.6 Å². The third-order valence-electron chi connectivity index (χ3n) is 4.92. The smallest absolute Gasteiger partial charge is 0.255 e. The number of benzene rings is 2. The minimum Gasteiger partial charge on any atom is -0.494 e. The highest BCUT2D eigenvalue weighted by Crippen LogP contribution is 2.36. The summed E-state index contributed by atoms with van der Waals surface area (Å²) in [5, 5.41) is 3.02. The van der Waals surface area contributed by atoms with Crippen LogP contribution >= 0.6 is 0 Å². The molecule has 3 rings (SSSR count).